The van der Waals surface area contributed by atoms with Crippen LogP contribution in [0.3, 0.4) is 0 Å². The number of aromatic nitrogens is 6. The standard InChI is InChI=1S/C27H20Cl2N6OS/c1-34-15-30-13-23(34)27(36,24-14-31-16-37-24)18-5-8-22-20(12-18)25(28)21(26(29)33-22)11-17-3-6-19(7-4-17)35-10-2-9-32-35/h2-10,12-16,36H,11H2,1H3. The summed E-state index contributed by atoms with van der Waals surface area (Å²) in [5.74, 6) is 0. The summed E-state index contributed by atoms with van der Waals surface area (Å²) in [6.07, 6.45) is 9.13. The van der Waals surface area contributed by atoms with Crippen LogP contribution in [0.5, 0.6) is 0 Å². The quantitative estimate of drug-likeness (QED) is 0.267. The largest absolute Gasteiger partial charge is 0.374 e. The van der Waals surface area contributed by atoms with Crippen LogP contribution in [0.25, 0.3) is 16.6 Å². The van der Waals surface area contributed by atoms with Crippen molar-refractivity contribution in [3.8, 4) is 5.69 Å². The van der Waals surface area contributed by atoms with Gasteiger partial charge in [0.2, 0.25) is 0 Å². The molecule has 0 spiro atoms. The number of aliphatic hydroxyl groups is 1. The Morgan fingerprint density at radius 2 is 1.89 bits per heavy atom. The fraction of sp³-hybridized carbons (Fsp3) is 0.111. The van der Waals surface area contributed by atoms with Gasteiger partial charge in [-0.25, -0.2) is 14.6 Å². The molecule has 6 rings (SSSR count). The minimum absolute atomic E-state index is 0.353. The van der Waals surface area contributed by atoms with Crippen molar-refractivity contribution in [2.75, 3.05) is 0 Å². The van der Waals surface area contributed by atoms with E-state index >= 15 is 0 Å². The van der Waals surface area contributed by atoms with Gasteiger partial charge < -0.3 is 9.67 Å². The van der Waals surface area contributed by atoms with Crippen molar-refractivity contribution in [2.45, 2.75) is 12.0 Å². The van der Waals surface area contributed by atoms with Gasteiger partial charge in [-0.2, -0.15) is 5.10 Å². The molecule has 7 nitrogen and oxygen atoms in total. The molecular weight excluding hydrogens is 527 g/mol. The summed E-state index contributed by atoms with van der Waals surface area (Å²) in [5, 5.41) is 17.9. The van der Waals surface area contributed by atoms with Crippen LogP contribution in [0.15, 0.2) is 85.2 Å². The monoisotopic (exact) mass is 546 g/mol. The molecule has 2 aromatic carbocycles. The number of pyridine rings is 1. The summed E-state index contributed by atoms with van der Waals surface area (Å²) in [6, 6.07) is 15.5. The molecular formula is C27H20Cl2N6OS. The van der Waals surface area contributed by atoms with Gasteiger partial charge in [0.1, 0.15) is 5.15 Å². The maximum Gasteiger partial charge on any atom is 0.167 e. The first-order chi connectivity index (χ1) is 17.9. The summed E-state index contributed by atoms with van der Waals surface area (Å²) in [4.78, 5) is 13.7. The Morgan fingerprint density at radius 1 is 1.05 bits per heavy atom. The molecule has 0 amide bonds. The highest BCUT2D eigenvalue weighted by atomic mass is 35.5. The Morgan fingerprint density at radius 3 is 2.57 bits per heavy atom. The molecule has 0 aliphatic carbocycles. The molecule has 1 atom stereocenters. The molecule has 1 N–H and O–H groups in total. The number of imidazole rings is 1. The van der Waals surface area contributed by atoms with E-state index in [9.17, 15) is 5.11 Å². The molecule has 0 aliphatic heterocycles. The van der Waals surface area contributed by atoms with Gasteiger partial charge in [-0.1, -0.05) is 41.4 Å². The molecule has 0 aliphatic rings. The van der Waals surface area contributed by atoms with Crippen molar-refractivity contribution in [1.29, 1.82) is 0 Å². The number of benzene rings is 2. The normalized spacial score (nSPS) is 13.2. The first-order valence-corrected chi connectivity index (χ1v) is 13.0. The lowest BCUT2D eigenvalue weighted by molar-refractivity contribution is 0.121. The van der Waals surface area contributed by atoms with E-state index in [2.05, 4.69) is 20.1 Å². The van der Waals surface area contributed by atoms with Gasteiger partial charge in [0, 0.05) is 43.0 Å². The zero-order valence-corrected chi connectivity index (χ0v) is 21.9. The first kappa shape index (κ1) is 23.8. The Labute approximate surface area is 226 Å². The molecule has 0 saturated heterocycles. The lowest BCUT2D eigenvalue weighted by Crippen LogP contribution is -2.30. The second kappa shape index (κ2) is 9.39. The van der Waals surface area contributed by atoms with Crippen LogP contribution in [-0.2, 0) is 19.1 Å². The number of halogens is 2. The average molecular weight is 547 g/mol. The van der Waals surface area contributed by atoms with Crippen LogP contribution < -0.4 is 0 Å². The van der Waals surface area contributed by atoms with E-state index in [0.717, 1.165) is 16.8 Å². The number of thiazole rings is 1. The van der Waals surface area contributed by atoms with E-state index in [1.807, 2.05) is 61.8 Å². The average Bonchev–Trinajstić information content (AvgIpc) is 3.70. The maximum atomic E-state index is 12.1. The Kier molecular flexibility index (Phi) is 6.04. The van der Waals surface area contributed by atoms with Gasteiger partial charge in [0.05, 0.1) is 44.8 Å². The Bertz CT molecular complexity index is 1700. The number of nitrogens with zero attached hydrogens (tertiary/aromatic N) is 6. The summed E-state index contributed by atoms with van der Waals surface area (Å²) in [6.45, 7) is 0. The van der Waals surface area contributed by atoms with E-state index in [1.54, 1.807) is 39.7 Å². The lowest BCUT2D eigenvalue weighted by atomic mass is 9.88. The Hall–Kier alpha value is -3.56. The first-order valence-electron chi connectivity index (χ1n) is 11.4. The van der Waals surface area contributed by atoms with Crippen molar-refractivity contribution in [3.63, 3.8) is 0 Å². The maximum absolute atomic E-state index is 12.1. The van der Waals surface area contributed by atoms with E-state index in [1.165, 1.54) is 11.3 Å². The molecule has 10 heteroatoms. The zero-order chi connectivity index (χ0) is 25.6. The van der Waals surface area contributed by atoms with E-state index in [0.29, 0.717) is 43.6 Å². The fourth-order valence-corrected chi connectivity index (χ4v) is 5.88. The van der Waals surface area contributed by atoms with E-state index in [-0.39, 0.29) is 0 Å². The minimum atomic E-state index is -1.47. The highest BCUT2D eigenvalue weighted by Crippen LogP contribution is 2.41. The van der Waals surface area contributed by atoms with Gasteiger partial charge in [-0.15, -0.1) is 11.3 Å². The molecule has 4 heterocycles. The van der Waals surface area contributed by atoms with Crippen LogP contribution in [0.1, 0.15) is 27.3 Å². The summed E-state index contributed by atoms with van der Waals surface area (Å²) >= 11 is 14.9. The number of hydrogen-bond acceptors (Lipinski definition) is 6. The highest BCUT2D eigenvalue weighted by molar-refractivity contribution is 7.09. The topological polar surface area (TPSA) is 81.6 Å². The van der Waals surface area contributed by atoms with Gasteiger partial charge in [0.25, 0.3) is 0 Å². The summed E-state index contributed by atoms with van der Waals surface area (Å²) in [5.41, 5.74) is 4.85. The third-order valence-corrected chi connectivity index (χ3v) is 8.07. The SMILES string of the molecule is Cn1cncc1C(O)(c1ccc2nc(Cl)c(Cc3ccc(-n4cccn4)cc3)c(Cl)c2c1)c1cncs1. The van der Waals surface area contributed by atoms with Crippen LogP contribution in [0.2, 0.25) is 10.2 Å². The molecule has 4 aromatic heterocycles. The van der Waals surface area contributed by atoms with Crippen molar-refractivity contribution >= 4 is 45.4 Å². The van der Waals surface area contributed by atoms with Crippen LogP contribution >= 0.6 is 34.5 Å². The number of hydrogen-bond donors (Lipinski definition) is 1. The summed E-state index contributed by atoms with van der Waals surface area (Å²) in [7, 11) is 1.85. The van der Waals surface area contributed by atoms with Crippen molar-refractivity contribution in [2.24, 2.45) is 7.05 Å². The fourth-order valence-electron chi connectivity index (χ4n) is 4.52. The van der Waals surface area contributed by atoms with Crippen molar-refractivity contribution < 1.29 is 5.11 Å². The van der Waals surface area contributed by atoms with E-state index in [4.69, 9.17) is 23.2 Å². The highest BCUT2D eigenvalue weighted by Gasteiger charge is 2.38. The molecule has 0 radical (unpaired) electrons. The number of fused-ring (bicyclic) bond motifs is 1. The van der Waals surface area contributed by atoms with E-state index < -0.39 is 5.60 Å². The third-order valence-electron chi connectivity index (χ3n) is 6.45. The van der Waals surface area contributed by atoms with Crippen LogP contribution in [-0.4, -0.2) is 34.4 Å². The molecule has 184 valence electrons. The van der Waals surface area contributed by atoms with Crippen LogP contribution in [0.4, 0.5) is 0 Å². The number of aryl methyl sites for hydroxylation is 1. The predicted octanol–water partition coefficient (Wildman–Crippen LogP) is 5.79. The van der Waals surface area contributed by atoms with Gasteiger partial charge in [-0.3, -0.25) is 4.98 Å². The minimum Gasteiger partial charge on any atom is -0.374 e. The third kappa shape index (κ3) is 4.12. The second-order valence-corrected chi connectivity index (χ2v) is 10.3. The molecule has 0 saturated carbocycles. The van der Waals surface area contributed by atoms with Gasteiger partial charge in [-0.05, 0) is 41.5 Å². The molecule has 1 unspecified atom stereocenters. The predicted molar refractivity (Wildman–Crippen MR) is 146 cm³/mol. The van der Waals surface area contributed by atoms with Gasteiger partial charge >= 0.3 is 0 Å². The number of rotatable bonds is 6. The smallest absolute Gasteiger partial charge is 0.167 e. The van der Waals surface area contributed by atoms with Crippen molar-refractivity contribution in [3.05, 3.63) is 123 Å². The molecule has 0 bridgehead atoms. The second-order valence-electron chi connectivity index (χ2n) is 8.69. The lowest BCUT2D eigenvalue weighted by Gasteiger charge is -2.28. The zero-order valence-electron chi connectivity index (χ0n) is 19.6. The summed E-state index contributed by atoms with van der Waals surface area (Å²) < 4.78 is 3.60. The molecule has 0 fully saturated rings. The molecule has 37 heavy (non-hydrogen) atoms. The van der Waals surface area contributed by atoms with Gasteiger partial charge in [0.15, 0.2) is 5.60 Å². The molecule has 6 aromatic rings. The van der Waals surface area contributed by atoms with Crippen LogP contribution in [0, 0.1) is 0 Å². The van der Waals surface area contributed by atoms with Crippen molar-refractivity contribution in [1.82, 2.24) is 29.3 Å². The Balaban J connectivity index is 1.43.